The highest BCUT2D eigenvalue weighted by atomic mass is 16.5. The van der Waals surface area contributed by atoms with Crippen molar-refractivity contribution in [3.8, 4) is 23.0 Å². The Bertz CT molecular complexity index is 851. The quantitative estimate of drug-likeness (QED) is 0.691. The molecule has 0 aliphatic carbocycles. The standard InChI is InChI=1S/C21H26N2O6/c1-12-8-7-9-13(2)18(12)29-14(3)20(24)22-23-21(25)15-10-16(26-4)19(28-6)17(11-15)27-5/h7-11,14H,1-6H3,(H,22,24)(H,23,25)/t14-/m1/s1. The van der Waals surface area contributed by atoms with Gasteiger partial charge in [0.25, 0.3) is 11.8 Å². The van der Waals surface area contributed by atoms with Crippen LogP contribution in [0.25, 0.3) is 0 Å². The van der Waals surface area contributed by atoms with Crippen molar-refractivity contribution in [2.75, 3.05) is 21.3 Å². The van der Waals surface area contributed by atoms with Crippen molar-refractivity contribution in [3.63, 3.8) is 0 Å². The lowest BCUT2D eigenvalue weighted by Crippen LogP contribution is -2.47. The van der Waals surface area contributed by atoms with Crippen molar-refractivity contribution < 1.29 is 28.5 Å². The van der Waals surface area contributed by atoms with E-state index in [0.717, 1.165) is 11.1 Å². The van der Waals surface area contributed by atoms with Crippen LogP contribution in [0.1, 0.15) is 28.4 Å². The van der Waals surface area contributed by atoms with Crippen LogP contribution in [0.2, 0.25) is 0 Å². The molecule has 0 saturated carbocycles. The molecule has 29 heavy (non-hydrogen) atoms. The molecule has 0 unspecified atom stereocenters. The van der Waals surface area contributed by atoms with Gasteiger partial charge >= 0.3 is 0 Å². The molecule has 8 heteroatoms. The molecule has 156 valence electrons. The van der Waals surface area contributed by atoms with Crippen molar-refractivity contribution in [1.82, 2.24) is 10.9 Å². The summed E-state index contributed by atoms with van der Waals surface area (Å²) in [6, 6.07) is 8.69. The van der Waals surface area contributed by atoms with E-state index in [1.807, 2.05) is 32.0 Å². The van der Waals surface area contributed by atoms with Gasteiger partial charge in [0, 0.05) is 5.56 Å². The van der Waals surface area contributed by atoms with E-state index in [1.165, 1.54) is 33.5 Å². The molecule has 0 saturated heterocycles. The van der Waals surface area contributed by atoms with Crippen LogP contribution in [0.15, 0.2) is 30.3 Å². The van der Waals surface area contributed by atoms with Gasteiger partial charge in [-0.05, 0) is 44.0 Å². The van der Waals surface area contributed by atoms with Gasteiger partial charge in [-0.15, -0.1) is 0 Å². The summed E-state index contributed by atoms with van der Waals surface area (Å²) in [6.45, 7) is 5.41. The highest BCUT2D eigenvalue weighted by molar-refractivity contribution is 5.97. The zero-order valence-electron chi connectivity index (χ0n) is 17.4. The van der Waals surface area contributed by atoms with Gasteiger partial charge in [-0.1, -0.05) is 18.2 Å². The molecule has 2 amide bonds. The van der Waals surface area contributed by atoms with Gasteiger partial charge in [-0.3, -0.25) is 20.4 Å². The molecular formula is C21H26N2O6. The summed E-state index contributed by atoms with van der Waals surface area (Å²) in [6.07, 6.45) is -0.810. The Kier molecular flexibility index (Phi) is 7.30. The number of carbonyl (C=O) groups excluding carboxylic acids is 2. The Morgan fingerprint density at radius 1 is 0.862 bits per heavy atom. The summed E-state index contributed by atoms with van der Waals surface area (Å²) in [4.78, 5) is 24.8. The first-order valence-electron chi connectivity index (χ1n) is 8.95. The second-order valence-electron chi connectivity index (χ2n) is 6.34. The van der Waals surface area contributed by atoms with Crippen LogP contribution >= 0.6 is 0 Å². The molecule has 2 rings (SSSR count). The van der Waals surface area contributed by atoms with Gasteiger partial charge in [0.1, 0.15) is 5.75 Å². The monoisotopic (exact) mass is 402 g/mol. The molecule has 0 spiro atoms. The Balaban J connectivity index is 2.05. The number of methoxy groups -OCH3 is 3. The Labute approximate surface area is 170 Å². The van der Waals surface area contributed by atoms with Crippen molar-refractivity contribution in [2.45, 2.75) is 26.9 Å². The number of carbonyl (C=O) groups is 2. The second kappa shape index (κ2) is 9.68. The van der Waals surface area contributed by atoms with E-state index >= 15 is 0 Å². The van der Waals surface area contributed by atoms with Crippen molar-refractivity contribution in [1.29, 1.82) is 0 Å². The van der Waals surface area contributed by atoms with Crippen molar-refractivity contribution in [2.24, 2.45) is 0 Å². The molecule has 2 aromatic carbocycles. The number of hydrogen-bond donors (Lipinski definition) is 2. The topological polar surface area (TPSA) is 95.1 Å². The summed E-state index contributed by atoms with van der Waals surface area (Å²) in [5.74, 6) is 0.632. The first-order chi connectivity index (χ1) is 13.8. The smallest absolute Gasteiger partial charge is 0.279 e. The molecule has 0 aliphatic rings. The average Bonchev–Trinajstić information content (AvgIpc) is 2.72. The van der Waals surface area contributed by atoms with Crippen molar-refractivity contribution >= 4 is 11.8 Å². The first kappa shape index (κ1) is 21.9. The van der Waals surface area contributed by atoms with E-state index in [-0.39, 0.29) is 5.56 Å². The molecule has 2 aromatic rings. The van der Waals surface area contributed by atoms with Crippen LogP contribution in [0.5, 0.6) is 23.0 Å². The fraction of sp³-hybridized carbons (Fsp3) is 0.333. The van der Waals surface area contributed by atoms with Crippen molar-refractivity contribution in [3.05, 3.63) is 47.0 Å². The van der Waals surface area contributed by atoms with E-state index < -0.39 is 17.9 Å². The largest absolute Gasteiger partial charge is 0.493 e. The molecule has 0 aromatic heterocycles. The van der Waals surface area contributed by atoms with Gasteiger partial charge in [-0.2, -0.15) is 0 Å². The summed E-state index contributed by atoms with van der Waals surface area (Å²) < 4.78 is 21.4. The molecule has 0 heterocycles. The number of rotatable bonds is 7. The predicted octanol–water partition coefficient (Wildman–Crippen LogP) is 2.56. The fourth-order valence-corrected chi connectivity index (χ4v) is 2.72. The predicted molar refractivity (Wildman–Crippen MR) is 108 cm³/mol. The number of aryl methyl sites for hydroxylation is 2. The second-order valence-corrected chi connectivity index (χ2v) is 6.34. The van der Waals surface area contributed by atoms with E-state index in [2.05, 4.69) is 10.9 Å². The number of ether oxygens (including phenoxy) is 4. The lowest BCUT2D eigenvalue weighted by molar-refractivity contribution is -0.128. The Morgan fingerprint density at radius 3 is 1.90 bits per heavy atom. The first-order valence-corrected chi connectivity index (χ1v) is 8.95. The third kappa shape index (κ3) is 5.10. The minimum absolute atomic E-state index is 0.225. The van der Waals surface area contributed by atoms with Crippen LogP contribution in [-0.2, 0) is 4.79 Å². The molecule has 1 atom stereocenters. The third-order valence-electron chi connectivity index (χ3n) is 4.30. The molecular weight excluding hydrogens is 376 g/mol. The van der Waals surface area contributed by atoms with Crippen LogP contribution in [0.4, 0.5) is 0 Å². The maximum absolute atomic E-state index is 12.5. The summed E-state index contributed by atoms with van der Waals surface area (Å²) >= 11 is 0. The number of amides is 2. The maximum Gasteiger partial charge on any atom is 0.279 e. The highest BCUT2D eigenvalue weighted by Crippen LogP contribution is 2.38. The minimum Gasteiger partial charge on any atom is -0.493 e. The van der Waals surface area contributed by atoms with Crippen LogP contribution < -0.4 is 29.8 Å². The van der Waals surface area contributed by atoms with Gasteiger partial charge in [-0.25, -0.2) is 0 Å². The van der Waals surface area contributed by atoms with Gasteiger partial charge in [0.15, 0.2) is 17.6 Å². The summed E-state index contributed by atoms with van der Waals surface area (Å²) in [5.41, 5.74) is 6.80. The molecule has 0 radical (unpaired) electrons. The number of hydrogen-bond acceptors (Lipinski definition) is 6. The van der Waals surface area contributed by atoms with E-state index in [4.69, 9.17) is 18.9 Å². The fourth-order valence-electron chi connectivity index (χ4n) is 2.72. The van der Waals surface area contributed by atoms with Crippen LogP contribution in [0.3, 0.4) is 0 Å². The lowest BCUT2D eigenvalue weighted by Gasteiger charge is -2.18. The average molecular weight is 402 g/mol. The van der Waals surface area contributed by atoms with E-state index in [1.54, 1.807) is 6.92 Å². The van der Waals surface area contributed by atoms with E-state index in [0.29, 0.717) is 23.0 Å². The number of para-hydroxylation sites is 1. The van der Waals surface area contributed by atoms with E-state index in [9.17, 15) is 9.59 Å². The third-order valence-corrected chi connectivity index (χ3v) is 4.30. The normalized spacial score (nSPS) is 11.2. The molecule has 8 nitrogen and oxygen atoms in total. The maximum atomic E-state index is 12.5. The zero-order valence-corrected chi connectivity index (χ0v) is 17.4. The Hall–Kier alpha value is -3.42. The van der Waals surface area contributed by atoms with Gasteiger partial charge < -0.3 is 18.9 Å². The summed E-state index contributed by atoms with van der Waals surface area (Å²) in [5, 5.41) is 0. The molecule has 0 fully saturated rings. The zero-order chi connectivity index (χ0) is 21.6. The number of benzene rings is 2. The Morgan fingerprint density at radius 2 is 1.41 bits per heavy atom. The number of nitrogens with one attached hydrogen (secondary N) is 2. The van der Waals surface area contributed by atoms with Crippen LogP contribution in [0, 0.1) is 13.8 Å². The minimum atomic E-state index is -0.810. The van der Waals surface area contributed by atoms with Gasteiger partial charge in [0.2, 0.25) is 5.75 Å². The lowest BCUT2D eigenvalue weighted by atomic mass is 10.1. The SMILES string of the molecule is COc1cc(C(=O)NNC(=O)[C@@H](C)Oc2c(C)cccc2C)cc(OC)c1OC. The van der Waals surface area contributed by atoms with Crippen LogP contribution in [-0.4, -0.2) is 39.2 Å². The molecule has 0 aliphatic heterocycles. The molecule has 2 N–H and O–H groups in total. The number of hydrazine groups is 1. The highest BCUT2D eigenvalue weighted by Gasteiger charge is 2.20. The van der Waals surface area contributed by atoms with Gasteiger partial charge in [0.05, 0.1) is 21.3 Å². The summed E-state index contributed by atoms with van der Waals surface area (Å²) in [7, 11) is 4.37. The molecule has 0 bridgehead atoms.